The van der Waals surface area contributed by atoms with Crippen LogP contribution in [0.3, 0.4) is 0 Å². The van der Waals surface area contributed by atoms with Gasteiger partial charge in [0.05, 0.1) is 13.2 Å². The van der Waals surface area contributed by atoms with Gasteiger partial charge in [-0.1, -0.05) is 13.0 Å². The first-order valence-electron chi connectivity index (χ1n) is 6.33. The van der Waals surface area contributed by atoms with E-state index in [4.69, 9.17) is 14.2 Å². The Hall–Kier alpha value is -1.26. The maximum atomic E-state index is 5.71. The summed E-state index contributed by atoms with van der Waals surface area (Å²) < 4.78 is 16.3. The van der Waals surface area contributed by atoms with Crippen LogP contribution in [0.4, 0.5) is 0 Å². The standard InChI is InChI=1S/C14H23NO3/c1-4-7-17-13-6-5-12(11-15-2)14(10-13)18-9-8-16-3/h5-6,10,15H,4,7-9,11H2,1-3H3. The molecule has 0 unspecified atom stereocenters. The summed E-state index contributed by atoms with van der Waals surface area (Å²) in [6, 6.07) is 5.95. The highest BCUT2D eigenvalue weighted by Gasteiger charge is 2.05. The van der Waals surface area contributed by atoms with Crippen molar-refractivity contribution in [3.05, 3.63) is 23.8 Å². The van der Waals surface area contributed by atoms with Crippen molar-refractivity contribution in [2.24, 2.45) is 0 Å². The average molecular weight is 253 g/mol. The van der Waals surface area contributed by atoms with E-state index in [1.165, 1.54) is 0 Å². The van der Waals surface area contributed by atoms with Gasteiger partial charge < -0.3 is 19.5 Å². The Morgan fingerprint density at radius 2 is 1.94 bits per heavy atom. The quantitative estimate of drug-likeness (QED) is 0.685. The van der Waals surface area contributed by atoms with Crippen molar-refractivity contribution in [2.45, 2.75) is 19.9 Å². The lowest BCUT2D eigenvalue weighted by atomic mass is 10.2. The molecule has 1 aromatic carbocycles. The van der Waals surface area contributed by atoms with Crippen molar-refractivity contribution in [3.8, 4) is 11.5 Å². The molecule has 0 saturated carbocycles. The van der Waals surface area contributed by atoms with E-state index in [1.54, 1.807) is 7.11 Å². The predicted molar refractivity (Wildman–Crippen MR) is 72.4 cm³/mol. The van der Waals surface area contributed by atoms with Gasteiger partial charge in [-0.15, -0.1) is 0 Å². The van der Waals surface area contributed by atoms with Crippen LogP contribution in [-0.4, -0.2) is 34.0 Å². The molecule has 0 bridgehead atoms. The zero-order valence-electron chi connectivity index (χ0n) is 11.5. The van der Waals surface area contributed by atoms with Gasteiger partial charge in [0.25, 0.3) is 0 Å². The number of benzene rings is 1. The maximum absolute atomic E-state index is 5.71. The summed E-state index contributed by atoms with van der Waals surface area (Å²) in [4.78, 5) is 0. The zero-order chi connectivity index (χ0) is 13.2. The molecule has 1 aromatic rings. The van der Waals surface area contributed by atoms with E-state index < -0.39 is 0 Å². The van der Waals surface area contributed by atoms with E-state index in [1.807, 2.05) is 25.2 Å². The first-order valence-corrected chi connectivity index (χ1v) is 6.33. The van der Waals surface area contributed by atoms with Crippen LogP contribution in [0, 0.1) is 0 Å². The van der Waals surface area contributed by atoms with Crippen molar-refractivity contribution in [1.29, 1.82) is 0 Å². The Morgan fingerprint density at radius 1 is 1.11 bits per heavy atom. The maximum Gasteiger partial charge on any atom is 0.127 e. The van der Waals surface area contributed by atoms with Crippen molar-refractivity contribution < 1.29 is 14.2 Å². The second-order valence-electron chi connectivity index (χ2n) is 3.99. The Balaban J connectivity index is 2.71. The van der Waals surface area contributed by atoms with Gasteiger partial charge in [0, 0.05) is 25.3 Å². The van der Waals surface area contributed by atoms with Gasteiger partial charge in [0.15, 0.2) is 0 Å². The second kappa shape index (κ2) is 8.78. The van der Waals surface area contributed by atoms with Gasteiger partial charge in [0.2, 0.25) is 0 Å². The third-order valence-corrected chi connectivity index (χ3v) is 2.42. The van der Waals surface area contributed by atoms with Crippen molar-refractivity contribution in [2.75, 3.05) is 34.0 Å². The van der Waals surface area contributed by atoms with Crippen molar-refractivity contribution in [1.82, 2.24) is 5.32 Å². The summed E-state index contributed by atoms with van der Waals surface area (Å²) >= 11 is 0. The first-order chi connectivity index (χ1) is 8.81. The third-order valence-electron chi connectivity index (χ3n) is 2.42. The molecule has 0 atom stereocenters. The number of methoxy groups -OCH3 is 1. The van der Waals surface area contributed by atoms with Gasteiger partial charge in [-0.3, -0.25) is 0 Å². The molecule has 4 nitrogen and oxygen atoms in total. The highest BCUT2D eigenvalue weighted by atomic mass is 16.5. The number of hydrogen-bond acceptors (Lipinski definition) is 4. The molecule has 0 aliphatic rings. The van der Waals surface area contributed by atoms with Crippen molar-refractivity contribution >= 4 is 0 Å². The molecule has 102 valence electrons. The minimum atomic E-state index is 0.546. The summed E-state index contributed by atoms with van der Waals surface area (Å²) in [6.07, 6.45) is 0.998. The minimum absolute atomic E-state index is 0.546. The summed E-state index contributed by atoms with van der Waals surface area (Å²) in [6.45, 7) is 4.72. The molecule has 0 heterocycles. The fourth-order valence-corrected chi connectivity index (χ4v) is 1.55. The number of ether oxygens (including phenoxy) is 3. The highest BCUT2D eigenvalue weighted by molar-refractivity contribution is 5.40. The van der Waals surface area contributed by atoms with Gasteiger partial charge in [-0.25, -0.2) is 0 Å². The van der Waals surface area contributed by atoms with E-state index in [0.29, 0.717) is 13.2 Å². The molecule has 0 aliphatic heterocycles. The van der Waals surface area contributed by atoms with Crippen LogP contribution in [0.2, 0.25) is 0 Å². The monoisotopic (exact) mass is 253 g/mol. The average Bonchev–Trinajstić information content (AvgIpc) is 2.39. The molecule has 18 heavy (non-hydrogen) atoms. The number of rotatable bonds is 9. The van der Waals surface area contributed by atoms with E-state index in [0.717, 1.165) is 36.6 Å². The largest absolute Gasteiger partial charge is 0.493 e. The molecule has 0 radical (unpaired) electrons. The topological polar surface area (TPSA) is 39.7 Å². The molecule has 4 heteroatoms. The van der Waals surface area contributed by atoms with Crippen LogP contribution < -0.4 is 14.8 Å². The van der Waals surface area contributed by atoms with E-state index >= 15 is 0 Å². The fourth-order valence-electron chi connectivity index (χ4n) is 1.55. The Kier molecular flexibility index (Phi) is 7.22. The smallest absolute Gasteiger partial charge is 0.127 e. The van der Waals surface area contributed by atoms with E-state index in [2.05, 4.69) is 12.2 Å². The third kappa shape index (κ3) is 4.94. The summed E-state index contributed by atoms with van der Waals surface area (Å²) in [5.74, 6) is 1.71. The first kappa shape index (κ1) is 14.8. The molecule has 1 N–H and O–H groups in total. The predicted octanol–water partition coefficient (Wildman–Crippen LogP) is 2.22. The van der Waals surface area contributed by atoms with Gasteiger partial charge in [0.1, 0.15) is 18.1 Å². The second-order valence-corrected chi connectivity index (χ2v) is 3.99. The number of nitrogens with one attached hydrogen (secondary N) is 1. The highest BCUT2D eigenvalue weighted by Crippen LogP contribution is 2.25. The van der Waals surface area contributed by atoms with Gasteiger partial charge in [-0.05, 0) is 19.5 Å². The lowest BCUT2D eigenvalue weighted by molar-refractivity contribution is 0.145. The van der Waals surface area contributed by atoms with Crippen LogP contribution in [0.1, 0.15) is 18.9 Å². The van der Waals surface area contributed by atoms with Gasteiger partial charge >= 0.3 is 0 Å². The Labute approximate surface area is 109 Å². The SMILES string of the molecule is CCCOc1ccc(CNC)c(OCCOC)c1. The van der Waals surface area contributed by atoms with Crippen LogP contribution in [-0.2, 0) is 11.3 Å². The molecular weight excluding hydrogens is 230 g/mol. The van der Waals surface area contributed by atoms with Crippen molar-refractivity contribution in [3.63, 3.8) is 0 Å². The summed E-state index contributed by atoms with van der Waals surface area (Å²) in [5, 5.41) is 3.13. The zero-order valence-corrected chi connectivity index (χ0v) is 11.5. The lowest BCUT2D eigenvalue weighted by Gasteiger charge is -2.13. The van der Waals surface area contributed by atoms with E-state index in [-0.39, 0.29) is 0 Å². The molecule has 0 aliphatic carbocycles. The Bertz CT molecular complexity index is 342. The molecule has 0 fully saturated rings. The Morgan fingerprint density at radius 3 is 2.61 bits per heavy atom. The lowest BCUT2D eigenvalue weighted by Crippen LogP contribution is -2.10. The summed E-state index contributed by atoms with van der Waals surface area (Å²) in [7, 11) is 3.58. The van der Waals surface area contributed by atoms with Crippen LogP contribution in [0.25, 0.3) is 0 Å². The summed E-state index contributed by atoms with van der Waals surface area (Å²) in [5.41, 5.74) is 1.12. The fraction of sp³-hybridized carbons (Fsp3) is 0.571. The van der Waals surface area contributed by atoms with Crippen LogP contribution in [0.5, 0.6) is 11.5 Å². The molecular formula is C14H23NO3. The van der Waals surface area contributed by atoms with Crippen LogP contribution >= 0.6 is 0 Å². The molecule has 1 rings (SSSR count). The number of hydrogen-bond donors (Lipinski definition) is 1. The van der Waals surface area contributed by atoms with Crippen LogP contribution in [0.15, 0.2) is 18.2 Å². The molecule has 0 aromatic heterocycles. The minimum Gasteiger partial charge on any atom is -0.493 e. The molecule has 0 saturated heterocycles. The normalized spacial score (nSPS) is 10.4. The molecule has 0 spiro atoms. The molecule has 0 amide bonds. The van der Waals surface area contributed by atoms with E-state index in [9.17, 15) is 0 Å². The van der Waals surface area contributed by atoms with Gasteiger partial charge in [-0.2, -0.15) is 0 Å².